The number of nitrogens with one attached hydrogen (secondary N) is 1. The van der Waals surface area contributed by atoms with Crippen LogP contribution in [0.3, 0.4) is 0 Å². The van der Waals surface area contributed by atoms with Crippen molar-refractivity contribution < 1.29 is 0 Å². The SMILES string of the molecule is NNc1nnc(CSc2ccc3ccccc3c2)s1. The van der Waals surface area contributed by atoms with E-state index in [9.17, 15) is 0 Å². The maximum Gasteiger partial charge on any atom is 0.219 e. The Hall–Kier alpha value is -1.63. The molecule has 6 heteroatoms. The van der Waals surface area contributed by atoms with Crippen molar-refractivity contribution in [3.8, 4) is 0 Å². The summed E-state index contributed by atoms with van der Waals surface area (Å²) in [5.41, 5.74) is 2.51. The first kappa shape index (κ1) is 12.4. The van der Waals surface area contributed by atoms with Crippen LogP contribution in [-0.2, 0) is 5.75 Å². The standard InChI is InChI=1S/C13H12N4S2/c14-15-13-17-16-12(19-13)8-18-11-6-5-9-3-1-2-4-10(9)7-11/h1-7H,8,14H2,(H,15,17). The summed E-state index contributed by atoms with van der Waals surface area (Å²) in [6, 6.07) is 14.8. The third kappa shape index (κ3) is 2.86. The van der Waals surface area contributed by atoms with Crippen molar-refractivity contribution in [2.45, 2.75) is 10.6 Å². The summed E-state index contributed by atoms with van der Waals surface area (Å²) in [6.45, 7) is 0. The maximum absolute atomic E-state index is 5.28. The van der Waals surface area contributed by atoms with Crippen LogP contribution >= 0.6 is 23.1 Å². The van der Waals surface area contributed by atoms with E-state index in [0.29, 0.717) is 5.13 Å². The van der Waals surface area contributed by atoms with E-state index < -0.39 is 0 Å². The minimum absolute atomic E-state index is 0.647. The third-order valence-electron chi connectivity index (χ3n) is 2.67. The lowest BCUT2D eigenvalue weighted by molar-refractivity contribution is 1.03. The fraction of sp³-hybridized carbons (Fsp3) is 0.0769. The zero-order valence-corrected chi connectivity index (χ0v) is 11.7. The van der Waals surface area contributed by atoms with Crippen molar-refractivity contribution in [3.05, 3.63) is 47.5 Å². The molecule has 0 radical (unpaired) electrons. The highest BCUT2D eigenvalue weighted by Gasteiger charge is 2.04. The van der Waals surface area contributed by atoms with Crippen LogP contribution in [0.2, 0.25) is 0 Å². The Bertz CT molecular complexity index is 696. The number of nitrogen functional groups attached to an aromatic ring is 1. The van der Waals surface area contributed by atoms with Crippen LogP contribution in [0.4, 0.5) is 5.13 Å². The molecule has 0 aliphatic heterocycles. The Kier molecular flexibility index (Phi) is 3.63. The highest BCUT2D eigenvalue weighted by atomic mass is 32.2. The van der Waals surface area contributed by atoms with Gasteiger partial charge in [0.05, 0.1) is 5.75 Å². The summed E-state index contributed by atoms with van der Waals surface area (Å²) in [6.07, 6.45) is 0. The predicted molar refractivity (Wildman–Crippen MR) is 81.2 cm³/mol. The molecular formula is C13H12N4S2. The number of fused-ring (bicyclic) bond motifs is 1. The van der Waals surface area contributed by atoms with Crippen molar-refractivity contribution in [1.82, 2.24) is 10.2 Å². The number of nitrogens with two attached hydrogens (primary N) is 1. The Balaban J connectivity index is 1.74. The van der Waals surface area contributed by atoms with Crippen LogP contribution < -0.4 is 11.3 Å². The number of benzene rings is 2. The van der Waals surface area contributed by atoms with Gasteiger partial charge in [-0.3, -0.25) is 5.43 Å². The van der Waals surface area contributed by atoms with Crippen LogP contribution in [-0.4, -0.2) is 10.2 Å². The Morgan fingerprint density at radius 2 is 1.95 bits per heavy atom. The topological polar surface area (TPSA) is 63.8 Å². The highest BCUT2D eigenvalue weighted by molar-refractivity contribution is 7.98. The number of rotatable bonds is 4. The van der Waals surface area contributed by atoms with Gasteiger partial charge in [0, 0.05) is 4.90 Å². The smallest absolute Gasteiger partial charge is 0.219 e. The second-order valence-electron chi connectivity index (χ2n) is 3.94. The summed E-state index contributed by atoms with van der Waals surface area (Å²) >= 11 is 3.23. The molecule has 3 rings (SSSR count). The molecule has 0 amide bonds. The molecule has 0 unspecified atom stereocenters. The molecule has 0 fully saturated rings. The largest absolute Gasteiger partial charge is 0.298 e. The molecule has 0 aliphatic rings. The van der Waals surface area contributed by atoms with E-state index in [1.165, 1.54) is 27.0 Å². The molecule has 0 saturated carbocycles. The molecule has 1 heterocycles. The molecule has 0 spiro atoms. The number of hydrogen-bond donors (Lipinski definition) is 2. The van der Waals surface area contributed by atoms with Crippen molar-refractivity contribution >= 4 is 39.0 Å². The fourth-order valence-corrected chi connectivity index (χ4v) is 3.35. The minimum atomic E-state index is 0.647. The van der Waals surface area contributed by atoms with Gasteiger partial charge >= 0.3 is 0 Å². The first-order valence-electron chi connectivity index (χ1n) is 5.76. The number of hydrazine groups is 1. The zero-order chi connectivity index (χ0) is 13.1. The van der Waals surface area contributed by atoms with Crippen LogP contribution in [0, 0.1) is 0 Å². The van der Waals surface area contributed by atoms with E-state index in [1.807, 2.05) is 0 Å². The molecule has 4 nitrogen and oxygen atoms in total. The number of thioether (sulfide) groups is 1. The van der Waals surface area contributed by atoms with Gasteiger partial charge in [0.25, 0.3) is 0 Å². The van der Waals surface area contributed by atoms with E-state index in [1.54, 1.807) is 11.8 Å². The van der Waals surface area contributed by atoms with Crippen molar-refractivity contribution in [2.75, 3.05) is 5.43 Å². The van der Waals surface area contributed by atoms with Gasteiger partial charge in [-0.25, -0.2) is 5.84 Å². The van der Waals surface area contributed by atoms with Gasteiger partial charge in [-0.15, -0.1) is 22.0 Å². The van der Waals surface area contributed by atoms with Gasteiger partial charge in [-0.2, -0.15) is 0 Å². The quantitative estimate of drug-likeness (QED) is 0.438. The molecule has 2 aromatic carbocycles. The maximum atomic E-state index is 5.28. The van der Waals surface area contributed by atoms with Gasteiger partial charge < -0.3 is 0 Å². The van der Waals surface area contributed by atoms with Gasteiger partial charge in [0.15, 0.2) is 0 Å². The third-order valence-corrected chi connectivity index (χ3v) is 4.72. The van der Waals surface area contributed by atoms with Crippen molar-refractivity contribution in [2.24, 2.45) is 5.84 Å². The monoisotopic (exact) mass is 288 g/mol. The second kappa shape index (κ2) is 5.56. The van der Waals surface area contributed by atoms with Crippen LogP contribution in [0.1, 0.15) is 5.01 Å². The molecule has 3 aromatic rings. The lowest BCUT2D eigenvalue weighted by atomic mass is 10.1. The first-order valence-corrected chi connectivity index (χ1v) is 7.56. The van der Waals surface area contributed by atoms with E-state index in [0.717, 1.165) is 10.8 Å². The van der Waals surface area contributed by atoms with Crippen LogP contribution in [0.5, 0.6) is 0 Å². The van der Waals surface area contributed by atoms with Gasteiger partial charge in [-0.05, 0) is 22.9 Å². The molecular weight excluding hydrogens is 276 g/mol. The summed E-state index contributed by atoms with van der Waals surface area (Å²) in [5, 5.41) is 12.1. The van der Waals surface area contributed by atoms with Gasteiger partial charge in [-0.1, -0.05) is 41.7 Å². The van der Waals surface area contributed by atoms with Crippen LogP contribution in [0.25, 0.3) is 10.8 Å². The van der Waals surface area contributed by atoms with Gasteiger partial charge in [0.2, 0.25) is 5.13 Å². The first-order chi connectivity index (χ1) is 9.35. The number of aromatic nitrogens is 2. The van der Waals surface area contributed by atoms with Crippen LogP contribution in [0.15, 0.2) is 47.4 Å². The number of nitrogens with zero attached hydrogens (tertiary/aromatic N) is 2. The van der Waals surface area contributed by atoms with E-state index >= 15 is 0 Å². The highest BCUT2D eigenvalue weighted by Crippen LogP contribution is 2.28. The van der Waals surface area contributed by atoms with Crippen molar-refractivity contribution in [1.29, 1.82) is 0 Å². The Morgan fingerprint density at radius 3 is 2.74 bits per heavy atom. The summed E-state index contributed by atoms with van der Waals surface area (Å²) in [5.74, 6) is 6.09. The number of hydrogen-bond acceptors (Lipinski definition) is 6. The lowest BCUT2D eigenvalue weighted by Crippen LogP contribution is -2.05. The summed E-state index contributed by atoms with van der Waals surface area (Å²) in [4.78, 5) is 1.23. The summed E-state index contributed by atoms with van der Waals surface area (Å²) < 4.78 is 0. The van der Waals surface area contributed by atoms with E-state index in [2.05, 4.69) is 58.1 Å². The molecule has 0 bridgehead atoms. The average Bonchev–Trinajstić information content (AvgIpc) is 2.93. The fourth-order valence-electron chi connectivity index (χ4n) is 1.77. The molecule has 0 aliphatic carbocycles. The Morgan fingerprint density at radius 1 is 1.11 bits per heavy atom. The molecule has 3 N–H and O–H groups in total. The summed E-state index contributed by atoms with van der Waals surface area (Å²) in [7, 11) is 0. The zero-order valence-electron chi connectivity index (χ0n) is 10.0. The molecule has 1 aromatic heterocycles. The van der Waals surface area contributed by atoms with Gasteiger partial charge in [0.1, 0.15) is 5.01 Å². The normalized spacial score (nSPS) is 10.8. The predicted octanol–water partition coefficient (Wildman–Crippen LogP) is 3.27. The average molecular weight is 288 g/mol. The lowest BCUT2D eigenvalue weighted by Gasteiger charge is -2.02. The number of anilines is 1. The Labute approximate surface area is 119 Å². The van der Waals surface area contributed by atoms with Crippen molar-refractivity contribution in [3.63, 3.8) is 0 Å². The molecule has 0 atom stereocenters. The molecule has 0 saturated heterocycles. The van der Waals surface area contributed by atoms with E-state index in [-0.39, 0.29) is 0 Å². The minimum Gasteiger partial charge on any atom is -0.298 e. The molecule has 19 heavy (non-hydrogen) atoms. The second-order valence-corrected chi connectivity index (χ2v) is 6.05. The molecule has 96 valence electrons. The van der Waals surface area contributed by atoms with E-state index in [4.69, 9.17) is 5.84 Å².